The van der Waals surface area contributed by atoms with E-state index in [0.717, 1.165) is 40.1 Å². The molecule has 1 fully saturated rings. The van der Waals surface area contributed by atoms with Crippen LogP contribution in [0.15, 0.2) is 54.7 Å². The summed E-state index contributed by atoms with van der Waals surface area (Å²) in [6.07, 6.45) is 9.58. The summed E-state index contributed by atoms with van der Waals surface area (Å²) in [7, 11) is 0. The number of hydrogen-bond acceptors (Lipinski definition) is 7. The Labute approximate surface area is 214 Å². The van der Waals surface area contributed by atoms with Crippen LogP contribution >= 0.6 is 22.9 Å². The summed E-state index contributed by atoms with van der Waals surface area (Å²) in [5.74, 6) is -0.104. The van der Waals surface area contributed by atoms with Crippen molar-refractivity contribution in [3.8, 4) is 27.3 Å². The average Bonchev–Trinajstić information content (AvgIpc) is 3.24. The molecule has 36 heavy (non-hydrogen) atoms. The molecule has 1 aliphatic carbocycles. The van der Waals surface area contributed by atoms with Crippen LogP contribution < -0.4 is 4.73 Å². The third-order valence-corrected chi connectivity index (χ3v) is 7.69. The summed E-state index contributed by atoms with van der Waals surface area (Å²) in [4.78, 5) is 5.39. The van der Waals surface area contributed by atoms with Crippen LogP contribution in [0, 0.1) is 23.9 Å². The van der Waals surface area contributed by atoms with Gasteiger partial charge in [-0.25, -0.2) is 9.37 Å². The number of pyridine rings is 1. The van der Waals surface area contributed by atoms with Gasteiger partial charge in [0.1, 0.15) is 12.4 Å². The predicted octanol–water partition coefficient (Wildman–Crippen LogP) is 4.77. The third kappa shape index (κ3) is 4.14. The van der Waals surface area contributed by atoms with Crippen molar-refractivity contribution in [2.24, 2.45) is 5.92 Å². The summed E-state index contributed by atoms with van der Waals surface area (Å²) in [5, 5.41) is 29.1. The van der Waals surface area contributed by atoms with Crippen molar-refractivity contribution in [2.45, 2.75) is 32.2 Å². The lowest BCUT2D eigenvalue weighted by atomic mass is 10.0. The minimum Gasteiger partial charge on any atom is -0.618 e. The van der Waals surface area contributed by atoms with Gasteiger partial charge in [-0.05, 0) is 47.9 Å². The Balaban J connectivity index is 1.41. The Morgan fingerprint density at radius 2 is 2.11 bits per heavy atom. The van der Waals surface area contributed by atoms with Crippen molar-refractivity contribution in [3.63, 3.8) is 0 Å². The van der Waals surface area contributed by atoms with Crippen LogP contribution in [0.4, 0.5) is 4.39 Å². The second-order valence-electron chi connectivity index (χ2n) is 8.85. The first-order valence-corrected chi connectivity index (χ1v) is 12.6. The average molecular weight is 523 g/mol. The quantitative estimate of drug-likeness (QED) is 0.225. The molecular formula is C24H20ClFN8OS. The van der Waals surface area contributed by atoms with Gasteiger partial charge in [0.25, 0.3) is 0 Å². The lowest BCUT2D eigenvalue weighted by Gasteiger charge is -2.18. The van der Waals surface area contributed by atoms with Crippen molar-refractivity contribution in [1.82, 2.24) is 35.0 Å². The van der Waals surface area contributed by atoms with E-state index in [1.807, 2.05) is 29.5 Å². The predicted molar refractivity (Wildman–Crippen MR) is 132 cm³/mol. The first-order chi connectivity index (χ1) is 17.5. The minimum atomic E-state index is -0.649. The smallest absolute Gasteiger partial charge is 0.217 e. The molecule has 9 nitrogen and oxygen atoms in total. The van der Waals surface area contributed by atoms with Crippen LogP contribution in [-0.4, -0.2) is 35.0 Å². The Morgan fingerprint density at radius 3 is 2.81 bits per heavy atom. The molecule has 0 unspecified atom stereocenters. The molecular weight excluding hydrogens is 503 g/mol. The fraction of sp³-hybridized carbons (Fsp3) is 0.250. The highest BCUT2D eigenvalue weighted by Gasteiger charge is 2.32. The Bertz CT molecular complexity index is 1550. The number of aryl methyl sites for hydroxylation is 1. The monoisotopic (exact) mass is 522 g/mol. The van der Waals surface area contributed by atoms with Gasteiger partial charge in [0.2, 0.25) is 5.69 Å². The lowest BCUT2D eigenvalue weighted by molar-refractivity contribution is -0.615. The van der Waals surface area contributed by atoms with Crippen LogP contribution in [0.3, 0.4) is 0 Å². The fourth-order valence-electron chi connectivity index (χ4n) is 4.41. The molecule has 12 heteroatoms. The molecule has 0 N–H and O–H groups in total. The standard InChI is InChI=1S/C24H20ClFN8OS/c1-14-24(36-13-27-14)17-9-29-32(10-17)21(8-15-2-3-15)19-6-4-16(11-34(19)35)22-20(33-12-28-30-31-33)7-5-18(25)23(22)26/h4-7,9-13,15,21H,2-3,8H2,1H3/t21-/m1/s1. The topological polar surface area (TPSA) is 101 Å². The van der Waals surface area contributed by atoms with E-state index in [-0.39, 0.29) is 16.6 Å². The van der Waals surface area contributed by atoms with E-state index in [9.17, 15) is 5.21 Å². The fourth-order valence-corrected chi connectivity index (χ4v) is 5.35. The highest BCUT2D eigenvalue weighted by Crippen LogP contribution is 2.40. The van der Waals surface area contributed by atoms with Crippen LogP contribution in [0.2, 0.25) is 5.02 Å². The van der Waals surface area contributed by atoms with Crippen molar-refractivity contribution in [1.29, 1.82) is 0 Å². The molecule has 1 aliphatic rings. The number of rotatable bonds is 7. The first-order valence-electron chi connectivity index (χ1n) is 11.4. The molecule has 1 saturated carbocycles. The van der Waals surface area contributed by atoms with Gasteiger partial charge in [0.05, 0.1) is 44.1 Å². The van der Waals surface area contributed by atoms with Gasteiger partial charge in [0.15, 0.2) is 12.0 Å². The van der Waals surface area contributed by atoms with E-state index >= 15 is 4.39 Å². The molecule has 0 saturated heterocycles. The normalized spacial score (nSPS) is 14.3. The maximum Gasteiger partial charge on any atom is 0.217 e. The van der Waals surface area contributed by atoms with Crippen molar-refractivity contribution >= 4 is 22.9 Å². The van der Waals surface area contributed by atoms with Gasteiger partial charge in [-0.3, -0.25) is 4.68 Å². The molecule has 5 aromatic rings. The Hall–Kier alpha value is -3.70. The lowest BCUT2D eigenvalue weighted by Crippen LogP contribution is -2.35. The molecule has 0 aliphatic heterocycles. The highest BCUT2D eigenvalue weighted by atomic mass is 35.5. The van der Waals surface area contributed by atoms with Crippen LogP contribution in [0.25, 0.3) is 27.3 Å². The summed E-state index contributed by atoms with van der Waals surface area (Å²) < 4.78 is 19.2. The molecule has 4 heterocycles. The highest BCUT2D eigenvalue weighted by molar-refractivity contribution is 7.13. The Morgan fingerprint density at radius 1 is 1.25 bits per heavy atom. The maximum atomic E-state index is 15.2. The minimum absolute atomic E-state index is 0.0580. The number of halogens is 2. The second-order valence-corrected chi connectivity index (χ2v) is 10.1. The van der Waals surface area contributed by atoms with Gasteiger partial charge < -0.3 is 5.21 Å². The van der Waals surface area contributed by atoms with E-state index < -0.39 is 5.82 Å². The largest absolute Gasteiger partial charge is 0.618 e. The molecule has 6 rings (SSSR count). The van der Waals surface area contributed by atoms with E-state index in [1.165, 1.54) is 23.3 Å². The molecule has 1 aromatic carbocycles. The number of nitrogens with zero attached hydrogens (tertiary/aromatic N) is 8. The SMILES string of the molecule is Cc1ncsc1-c1cnn([C@H](CC2CC2)c2ccc(-c3c(-n4cnnn4)ccc(Cl)c3F)c[n+]2[O-])c1. The molecule has 4 aromatic heterocycles. The van der Waals surface area contributed by atoms with Crippen LogP contribution in [0.5, 0.6) is 0 Å². The van der Waals surface area contributed by atoms with Gasteiger partial charge in [0, 0.05) is 17.8 Å². The summed E-state index contributed by atoms with van der Waals surface area (Å²) >= 11 is 7.64. The maximum absolute atomic E-state index is 15.2. The molecule has 0 bridgehead atoms. The third-order valence-electron chi connectivity index (χ3n) is 6.43. The van der Waals surface area contributed by atoms with E-state index in [1.54, 1.807) is 29.5 Å². The van der Waals surface area contributed by atoms with Gasteiger partial charge in [-0.2, -0.15) is 14.5 Å². The van der Waals surface area contributed by atoms with Crippen molar-refractivity contribution < 1.29 is 9.12 Å². The van der Waals surface area contributed by atoms with Crippen molar-refractivity contribution in [3.05, 3.63) is 82.1 Å². The zero-order chi connectivity index (χ0) is 24.8. The number of thiazole rings is 1. The van der Waals surface area contributed by atoms with E-state index in [0.29, 0.717) is 22.9 Å². The van der Waals surface area contributed by atoms with Crippen molar-refractivity contribution in [2.75, 3.05) is 0 Å². The van der Waals surface area contributed by atoms with Gasteiger partial charge in [-0.15, -0.1) is 16.4 Å². The molecule has 0 spiro atoms. The van der Waals surface area contributed by atoms with E-state index in [2.05, 4.69) is 25.6 Å². The molecule has 1 atom stereocenters. The number of aromatic nitrogens is 8. The van der Waals surface area contributed by atoms with Gasteiger partial charge in [-0.1, -0.05) is 24.4 Å². The van der Waals surface area contributed by atoms with E-state index in [4.69, 9.17) is 11.6 Å². The number of hydrogen-bond donors (Lipinski definition) is 0. The zero-order valence-corrected chi connectivity index (χ0v) is 20.7. The number of benzene rings is 1. The van der Waals surface area contributed by atoms with Crippen LogP contribution in [-0.2, 0) is 0 Å². The summed E-state index contributed by atoms with van der Waals surface area (Å²) in [6.45, 7) is 1.97. The Kier molecular flexibility index (Phi) is 5.73. The zero-order valence-electron chi connectivity index (χ0n) is 19.1. The second kappa shape index (κ2) is 9.07. The molecule has 0 amide bonds. The molecule has 0 radical (unpaired) electrons. The first kappa shape index (κ1) is 22.7. The molecule has 182 valence electrons. The summed E-state index contributed by atoms with van der Waals surface area (Å²) in [5.41, 5.74) is 5.15. The van der Waals surface area contributed by atoms with Gasteiger partial charge >= 0.3 is 0 Å². The number of tetrazole rings is 1. The van der Waals surface area contributed by atoms with Crippen LogP contribution in [0.1, 0.15) is 36.7 Å². The summed E-state index contributed by atoms with van der Waals surface area (Å²) in [6, 6.07) is 6.25.